The summed E-state index contributed by atoms with van der Waals surface area (Å²) in [7, 11) is 0. The van der Waals surface area contributed by atoms with Crippen LogP contribution in [-0.4, -0.2) is 17.6 Å². The summed E-state index contributed by atoms with van der Waals surface area (Å²) >= 11 is 2.20. The number of anilines is 1. The van der Waals surface area contributed by atoms with Gasteiger partial charge in [0.05, 0.1) is 6.61 Å². The van der Waals surface area contributed by atoms with E-state index in [1.54, 1.807) is 6.92 Å². The Kier molecular flexibility index (Phi) is 3.85. The molecule has 6 heteroatoms. The lowest BCUT2D eigenvalue weighted by molar-refractivity contribution is 0.0521. The zero-order valence-corrected chi connectivity index (χ0v) is 11.8. The van der Waals surface area contributed by atoms with Crippen molar-refractivity contribution in [2.75, 3.05) is 12.3 Å². The third-order valence-corrected chi connectivity index (χ3v) is 2.93. The number of rotatable bonds is 3. The summed E-state index contributed by atoms with van der Waals surface area (Å²) in [4.78, 5) is 15.6. The molecule has 0 aliphatic rings. The molecule has 2 N–H and O–H groups in total. The van der Waals surface area contributed by atoms with E-state index in [2.05, 4.69) is 27.6 Å². The molecule has 2 rings (SSSR count). The topological polar surface area (TPSA) is 78.3 Å². The Bertz CT molecular complexity index is 563. The fourth-order valence-electron chi connectivity index (χ4n) is 1.39. The molecule has 0 amide bonds. The minimum atomic E-state index is -0.574. The van der Waals surface area contributed by atoms with Gasteiger partial charge in [0.25, 0.3) is 0 Å². The summed E-state index contributed by atoms with van der Waals surface area (Å²) in [5.74, 6) is -0.288. The number of nitrogen functional groups attached to an aromatic ring is 1. The van der Waals surface area contributed by atoms with Crippen molar-refractivity contribution in [1.29, 1.82) is 0 Å². The molecule has 0 fully saturated rings. The highest BCUT2D eigenvalue weighted by atomic mass is 127. The standard InChI is InChI=1S/C12H11IN2O3/c1-2-17-12(16)9-10(14)18-11(15-9)7-3-5-8(13)6-4-7/h3-6H,2,14H2,1H3. The Morgan fingerprint density at radius 2 is 2.11 bits per heavy atom. The number of benzene rings is 1. The third kappa shape index (κ3) is 2.63. The predicted octanol–water partition coefficient (Wildman–Crippen LogP) is 2.71. The second kappa shape index (κ2) is 5.38. The van der Waals surface area contributed by atoms with E-state index in [1.165, 1.54) is 0 Å². The normalized spacial score (nSPS) is 10.3. The first-order valence-electron chi connectivity index (χ1n) is 5.31. The number of hydrogen-bond acceptors (Lipinski definition) is 5. The van der Waals surface area contributed by atoms with Gasteiger partial charge in [-0.25, -0.2) is 4.79 Å². The number of aromatic nitrogens is 1. The number of ether oxygens (including phenoxy) is 1. The van der Waals surface area contributed by atoms with Gasteiger partial charge >= 0.3 is 5.97 Å². The van der Waals surface area contributed by atoms with Gasteiger partial charge in [-0.3, -0.25) is 0 Å². The fraction of sp³-hybridized carbons (Fsp3) is 0.167. The molecule has 0 saturated carbocycles. The van der Waals surface area contributed by atoms with Crippen LogP contribution < -0.4 is 5.73 Å². The minimum absolute atomic E-state index is 0.0189. The van der Waals surface area contributed by atoms with Gasteiger partial charge in [0, 0.05) is 9.13 Å². The lowest BCUT2D eigenvalue weighted by Gasteiger charge is -1.96. The number of carbonyl (C=O) groups is 1. The molecule has 0 bridgehead atoms. The van der Waals surface area contributed by atoms with Crippen LogP contribution in [0.15, 0.2) is 28.7 Å². The van der Waals surface area contributed by atoms with Crippen molar-refractivity contribution in [3.05, 3.63) is 33.5 Å². The zero-order valence-electron chi connectivity index (χ0n) is 9.64. The molecule has 1 aromatic carbocycles. The Balaban J connectivity index is 2.34. The van der Waals surface area contributed by atoms with Gasteiger partial charge in [-0.2, -0.15) is 4.98 Å². The second-order valence-electron chi connectivity index (χ2n) is 3.46. The Hall–Kier alpha value is -1.57. The van der Waals surface area contributed by atoms with Crippen LogP contribution in [-0.2, 0) is 4.74 Å². The monoisotopic (exact) mass is 358 g/mol. The maximum Gasteiger partial charge on any atom is 0.362 e. The molecule has 0 aliphatic carbocycles. The number of carbonyl (C=O) groups excluding carboxylic acids is 1. The van der Waals surface area contributed by atoms with Gasteiger partial charge < -0.3 is 14.9 Å². The molecule has 0 atom stereocenters. The van der Waals surface area contributed by atoms with Crippen molar-refractivity contribution in [2.24, 2.45) is 0 Å². The predicted molar refractivity (Wildman–Crippen MR) is 75.0 cm³/mol. The van der Waals surface area contributed by atoms with Gasteiger partial charge in [-0.1, -0.05) is 0 Å². The fourth-order valence-corrected chi connectivity index (χ4v) is 1.75. The zero-order chi connectivity index (χ0) is 13.1. The SMILES string of the molecule is CCOC(=O)c1nc(-c2ccc(I)cc2)oc1N. The van der Waals surface area contributed by atoms with Gasteiger partial charge in [0.15, 0.2) is 0 Å². The van der Waals surface area contributed by atoms with Crippen molar-refractivity contribution in [3.8, 4) is 11.5 Å². The van der Waals surface area contributed by atoms with Crippen LogP contribution in [0.25, 0.3) is 11.5 Å². The van der Waals surface area contributed by atoms with E-state index in [0.717, 1.165) is 9.13 Å². The van der Waals surface area contributed by atoms with Crippen molar-refractivity contribution in [2.45, 2.75) is 6.92 Å². The van der Waals surface area contributed by atoms with Crippen molar-refractivity contribution >= 4 is 34.4 Å². The van der Waals surface area contributed by atoms with Crippen molar-refractivity contribution in [3.63, 3.8) is 0 Å². The molecule has 1 aromatic heterocycles. The van der Waals surface area contributed by atoms with Crippen molar-refractivity contribution < 1.29 is 13.9 Å². The third-order valence-electron chi connectivity index (χ3n) is 2.21. The summed E-state index contributed by atoms with van der Waals surface area (Å²) in [5.41, 5.74) is 6.39. The van der Waals surface area contributed by atoms with E-state index in [-0.39, 0.29) is 18.2 Å². The molecule has 0 aliphatic heterocycles. The molecule has 94 valence electrons. The molecule has 1 heterocycles. The number of hydrogen-bond donors (Lipinski definition) is 1. The smallest absolute Gasteiger partial charge is 0.362 e. The van der Waals surface area contributed by atoms with Crippen LogP contribution in [0.4, 0.5) is 5.88 Å². The highest BCUT2D eigenvalue weighted by Crippen LogP contribution is 2.24. The van der Waals surface area contributed by atoms with E-state index in [1.807, 2.05) is 24.3 Å². The van der Waals surface area contributed by atoms with Gasteiger partial charge in [0.2, 0.25) is 17.5 Å². The summed E-state index contributed by atoms with van der Waals surface area (Å²) in [6.07, 6.45) is 0. The maximum absolute atomic E-state index is 11.5. The van der Waals surface area contributed by atoms with E-state index >= 15 is 0 Å². The maximum atomic E-state index is 11.5. The van der Waals surface area contributed by atoms with Crippen LogP contribution in [0.3, 0.4) is 0 Å². The molecule has 18 heavy (non-hydrogen) atoms. The Morgan fingerprint density at radius 1 is 1.44 bits per heavy atom. The molecule has 0 unspecified atom stereocenters. The molecule has 0 spiro atoms. The van der Waals surface area contributed by atoms with Gasteiger partial charge in [-0.05, 0) is 53.8 Å². The number of nitrogens with two attached hydrogens (primary N) is 1. The average Bonchev–Trinajstić information content (AvgIpc) is 2.72. The van der Waals surface area contributed by atoms with E-state index in [4.69, 9.17) is 14.9 Å². The lowest BCUT2D eigenvalue weighted by atomic mass is 10.2. The number of nitrogens with zero attached hydrogens (tertiary/aromatic N) is 1. The molecular weight excluding hydrogens is 347 g/mol. The van der Waals surface area contributed by atoms with Gasteiger partial charge in [0.1, 0.15) is 0 Å². The van der Waals surface area contributed by atoms with Crippen LogP contribution >= 0.6 is 22.6 Å². The molecule has 0 radical (unpaired) electrons. The van der Waals surface area contributed by atoms with E-state index in [9.17, 15) is 4.79 Å². The van der Waals surface area contributed by atoms with Gasteiger partial charge in [-0.15, -0.1) is 0 Å². The van der Waals surface area contributed by atoms with Crippen LogP contribution in [0.5, 0.6) is 0 Å². The average molecular weight is 358 g/mol. The summed E-state index contributed by atoms with van der Waals surface area (Å²) in [6.45, 7) is 1.98. The largest absolute Gasteiger partial charge is 0.461 e. The quantitative estimate of drug-likeness (QED) is 0.674. The first-order chi connectivity index (χ1) is 8.61. The van der Waals surface area contributed by atoms with Crippen LogP contribution in [0, 0.1) is 3.57 Å². The highest BCUT2D eigenvalue weighted by molar-refractivity contribution is 14.1. The first-order valence-corrected chi connectivity index (χ1v) is 6.39. The molecule has 2 aromatic rings. The molecular formula is C12H11IN2O3. The minimum Gasteiger partial charge on any atom is -0.461 e. The number of oxazole rings is 1. The molecule has 5 nitrogen and oxygen atoms in total. The first kappa shape index (κ1) is 12.9. The van der Waals surface area contributed by atoms with Crippen LogP contribution in [0.2, 0.25) is 0 Å². The lowest BCUT2D eigenvalue weighted by Crippen LogP contribution is -2.07. The number of halogens is 1. The van der Waals surface area contributed by atoms with Crippen LogP contribution in [0.1, 0.15) is 17.4 Å². The molecule has 0 saturated heterocycles. The number of esters is 1. The summed E-state index contributed by atoms with van der Waals surface area (Å²) in [6, 6.07) is 7.53. The Labute approximate surface area is 117 Å². The van der Waals surface area contributed by atoms with E-state index < -0.39 is 5.97 Å². The summed E-state index contributed by atoms with van der Waals surface area (Å²) in [5, 5.41) is 0. The highest BCUT2D eigenvalue weighted by Gasteiger charge is 2.19. The second-order valence-corrected chi connectivity index (χ2v) is 4.70. The van der Waals surface area contributed by atoms with E-state index in [0.29, 0.717) is 5.89 Å². The van der Waals surface area contributed by atoms with Crippen molar-refractivity contribution in [1.82, 2.24) is 4.98 Å². The Morgan fingerprint density at radius 3 is 2.72 bits per heavy atom. The summed E-state index contributed by atoms with van der Waals surface area (Å²) < 4.78 is 11.2.